The SMILES string of the molecule is Br.CCCCOC([O])=O. The van der Waals surface area contributed by atoms with Crippen molar-refractivity contribution in [2.45, 2.75) is 19.8 Å². The van der Waals surface area contributed by atoms with Gasteiger partial charge in [-0.15, -0.1) is 17.0 Å². The van der Waals surface area contributed by atoms with Crippen molar-refractivity contribution in [3.63, 3.8) is 0 Å². The molecular formula is C5H10BrO3. The fourth-order valence-corrected chi connectivity index (χ4v) is 0.300. The van der Waals surface area contributed by atoms with Gasteiger partial charge in [0.15, 0.2) is 0 Å². The van der Waals surface area contributed by atoms with Crippen LogP contribution in [0.2, 0.25) is 0 Å². The van der Waals surface area contributed by atoms with Gasteiger partial charge in [-0.05, 0) is 6.42 Å². The minimum absolute atomic E-state index is 0. The van der Waals surface area contributed by atoms with Crippen LogP contribution in [0.3, 0.4) is 0 Å². The average Bonchev–Trinajstić information content (AvgIpc) is 1.66. The fraction of sp³-hybridized carbons (Fsp3) is 0.800. The van der Waals surface area contributed by atoms with Crippen molar-refractivity contribution in [1.29, 1.82) is 0 Å². The lowest BCUT2D eigenvalue weighted by Gasteiger charge is -1.92. The van der Waals surface area contributed by atoms with Crippen LogP contribution in [-0.4, -0.2) is 12.8 Å². The van der Waals surface area contributed by atoms with E-state index in [1.165, 1.54) is 0 Å². The van der Waals surface area contributed by atoms with Crippen molar-refractivity contribution in [3.8, 4) is 0 Å². The first kappa shape index (κ1) is 11.5. The highest BCUT2D eigenvalue weighted by Gasteiger charge is 1.95. The summed E-state index contributed by atoms with van der Waals surface area (Å²) in [5.74, 6) is 0. The highest BCUT2D eigenvalue weighted by molar-refractivity contribution is 8.93. The van der Waals surface area contributed by atoms with Gasteiger partial charge in [-0.1, -0.05) is 13.3 Å². The molecule has 0 aliphatic rings. The standard InChI is InChI=1S/C5H9O3.BrH/c1-2-3-4-8-5(6)7;/h2-4H2,1H3;1H. The Labute approximate surface area is 64.8 Å². The van der Waals surface area contributed by atoms with E-state index in [1.807, 2.05) is 6.92 Å². The van der Waals surface area contributed by atoms with Gasteiger partial charge in [-0.25, -0.2) is 0 Å². The smallest absolute Gasteiger partial charge is 0.432 e. The molecule has 0 aromatic rings. The lowest BCUT2D eigenvalue weighted by Crippen LogP contribution is -1.99. The Morgan fingerprint density at radius 2 is 2.11 bits per heavy atom. The van der Waals surface area contributed by atoms with Gasteiger partial charge < -0.3 is 4.74 Å². The Kier molecular flexibility index (Phi) is 9.93. The van der Waals surface area contributed by atoms with Crippen molar-refractivity contribution < 1.29 is 14.6 Å². The molecule has 0 heterocycles. The van der Waals surface area contributed by atoms with Crippen LogP contribution in [0.5, 0.6) is 0 Å². The molecule has 9 heavy (non-hydrogen) atoms. The number of halogens is 1. The Morgan fingerprint density at radius 1 is 1.56 bits per heavy atom. The second kappa shape index (κ2) is 7.75. The van der Waals surface area contributed by atoms with Crippen LogP contribution in [-0.2, 0) is 9.84 Å². The molecular weight excluding hydrogens is 188 g/mol. The van der Waals surface area contributed by atoms with E-state index in [0.29, 0.717) is 0 Å². The van der Waals surface area contributed by atoms with E-state index in [-0.39, 0.29) is 23.6 Å². The zero-order valence-corrected chi connectivity index (χ0v) is 6.97. The van der Waals surface area contributed by atoms with Crippen LogP contribution < -0.4 is 0 Å². The molecule has 0 aromatic heterocycles. The van der Waals surface area contributed by atoms with Gasteiger partial charge in [0.25, 0.3) is 0 Å². The largest absolute Gasteiger partial charge is 0.549 e. The molecule has 0 saturated carbocycles. The van der Waals surface area contributed by atoms with Crippen molar-refractivity contribution in [2.24, 2.45) is 0 Å². The van der Waals surface area contributed by atoms with Crippen LogP contribution in [0, 0.1) is 0 Å². The molecule has 0 rings (SSSR count). The topological polar surface area (TPSA) is 46.2 Å². The first-order chi connectivity index (χ1) is 3.77. The molecule has 0 spiro atoms. The summed E-state index contributed by atoms with van der Waals surface area (Å²) in [5, 5.41) is 9.54. The molecule has 55 valence electrons. The lowest BCUT2D eigenvalue weighted by molar-refractivity contribution is 0.0668. The maximum atomic E-state index is 9.54. The molecule has 0 aliphatic carbocycles. The Balaban J connectivity index is 0. The third-order valence-corrected chi connectivity index (χ3v) is 0.718. The van der Waals surface area contributed by atoms with Gasteiger partial charge in [0.1, 0.15) is 0 Å². The van der Waals surface area contributed by atoms with Gasteiger partial charge in [-0.2, -0.15) is 9.90 Å². The van der Waals surface area contributed by atoms with Crippen LogP contribution in [0.4, 0.5) is 4.79 Å². The number of unbranched alkanes of at least 4 members (excludes halogenated alkanes) is 1. The predicted molar refractivity (Wildman–Crippen MR) is 37.3 cm³/mol. The van der Waals surface area contributed by atoms with E-state index >= 15 is 0 Å². The van der Waals surface area contributed by atoms with E-state index in [2.05, 4.69) is 4.74 Å². The summed E-state index contributed by atoms with van der Waals surface area (Å²) in [6.45, 7) is 2.22. The molecule has 0 atom stereocenters. The van der Waals surface area contributed by atoms with Crippen LogP contribution in [0.15, 0.2) is 0 Å². The second-order valence-electron chi connectivity index (χ2n) is 1.45. The highest BCUT2D eigenvalue weighted by atomic mass is 79.9. The molecule has 0 saturated heterocycles. The zero-order chi connectivity index (χ0) is 6.41. The van der Waals surface area contributed by atoms with Gasteiger partial charge in [-0.3, -0.25) is 0 Å². The Morgan fingerprint density at radius 3 is 2.44 bits per heavy atom. The number of carbonyl (C=O) groups is 1. The molecule has 0 aliphatic heterocycles. The summed E-state index contributed by atoms with van der Waals surface area (Å²) in [6.07, 6.45) is 0.278. The molecule has 3 nitrogen and oxygen atoms in total. The first-order valence-electron chi connectivity index (χ1n) is 2.61. The van der Waals surface area contributed by atoms with Gasteiger partial charge in [0.05, 0.1) is 6.61 Å². The summed E-state index contributed by atoms with van der Waals surface area (Å²) in [7, 11) is 0. The lowest BCUT2D eigenvalue weighted by atomic mass is 10.4. The second-order valence-corrected chi connectivity index (χ2v) is 1.45. The van der Waals surface area contributed by atoms with Gasteiger partial charge >= 0.3 is 6.16 Å². The minimum atomic E-state index is -1.43. The summed E-state index contributed by atoms with van der Waals surface area (Å²) in [5.41, 5.74) is 0. The van der Waals surface area contributed by atoms with Gasteiger partial charge in [0.2, 0.25) is 0 Å². The molecule has 0 amide bonds. The van der Waals surface area contributed by atoms with Crippen molar-refractivity contribution in [2.75, 3.05) is 6.61 Å². The van der Waals surface area contributed by atoms with Crippen LogP contribution in [0.1, 0.15) is 19.8 Å². The maximum Gasteiger partial charge on any atom is 0.549 e. The molecule has 0 N–H and O–H groups in total. The normalized spacial score (nSPS) is 7.67. The fourth-order valence-electron chi connectivity index (χ4n) is 0.300. The van der Waals surface area contributed by atoms with Gasteiger partial charge in [0, 0.05) is 0 Å². The summed E-state index contributed by atoms with van der Waals surface area (Å²) in [4.78, 5) is 9.54. The summed E-state index contributed by atoms with van der Waals surface area (Å²) in [6, 6.07) is 0. The van der Waals surface area contributed by atoms with Crippen molar-refractivity contribution >= 4 is 23.1 Å². The number of hydrogen-bond acceptors (Lipinski definition) is 2. The van der Waals surface area contributed by atoms with Crippen LogP contribution in [0.25, 0.3) is 0 Å². The van der Waals surface area contributed by atoms with E-state index in [4.69, 9.17) is 0 Å². The number of hydrogen-bond donors (Lipinski definition) is 0. The number of carbonyl (C=O) groups excluding carboxylic acids is 1. The molecule has 0 bridgehead atoms. The Hall–Kier alpha value is -0.250. The number of ether oxygens (including phenoxy) is 1. The minimum Gasteiger partial charge on any atom is -0.432 e. The van der Waals surface area contributed by atoms with Crippen molar-refractivity contribution in [1.82, 2.24) is 0 Å². The van der Waals surface area contributed by atoms with E-state index in [1.54, 1.807) is 0 Å². The van der Waals surface area contributed by atoms with E-state index < -0.39 is 6.16 Å². The average molecular weight is 198 g/mol. The predicted octanol–water partition coefficient (Wildman–Crippen LogP) is 1.93. The summed E-state index contributed by atoms with van der Waals surface area (Å²) >= 11 is 0. The third-order valence-electron chi connectivity index (χ3n) is 0.718. The van der Waals surface area contributed by atoms with Crippen molar-refractivity contribution in [3.05, 3.63) is 0 Å². The molecule has 0 unspecified atom stereocenters. The molecule has 1 radical (unpaired) electrons. The maximum absolute atomic E-state index is 9.54. The monoisotopic (exact) mass is 197 g/mol. The van der Waals surface area contributed by atoms with E-state index in [9.17, 15) is 9.90 Å². The molecule has 0 fully saturated rings. The molecule has 4 heteroatoms. The Bertz CT molecular complexity index is 74.6. The van der Waals surface area contributed by atoms with Crippen LogP contribution >= 0.6 is 17.0 Å². The van der Waals surface area contributed by atoms with E-state index in [0.717, 1.165) is 12.8 Å². The third kappa shape index (κ3) is 11.4. The zero-order valence-electron chi connectivity index (χ0n) is 5.25. The highest BCUT2D eigenvalue weighted by Crippen LogP contribution is 1.87. The molecule has 0 aromatic carbocycles. The first-order valence-corrected chi connectivity index (χ1v) is 2.61. The quantitative estimate of drug-likeness (QED) is 0.513. The summed E-state index contributed by atoms with van der Waals surface area (Å²) < 4.78 is 4.09. The number of rotatable bonds is 3.